The highest BCUT2D eigenvalue weighted by molar-refractivity contribution is 5.53. The van der Waals surface area contributed by atoms with Gasteiger partial charge in [-0.15, -0.1) is 0 Å². The van der Waals surface area contributed by atoms with Gasteiger partial charge in [-0.2, -0.15) is 0 Å². The number of para-hydroxylation sites is 1. The van der Waals surface area contributed by atoms with E-state index in [1.807, 2.05) is 30.3 Å². The fourth-order valence-corrected chi connectivity index (χ4v) is 3.14. The van der Waals surface area contributed by atoms with Crippen LogP contribution >= 0.6 is 0 Å². The second kappa shape index (κ2) is 10.9. The molecule has 2 aromatic rings. The van der Waals surface area contributed by atoms with Gasteiger partial charge in [0.25, 0.3) is 0 Å². The summed E-state index contributed by atoms with van der Waals surface area (Å²) < 4.78 is 22.5. The van der Waals surface area contributed by atoms with Crippen LogP contribution in [0, 0.1) is 10.1 Å². The van der Waals surface area contributed by atoms with Crippen molar-refractivity contribution >= 4 is 5.69 Å². The SMILES string of the molecule is O=[N+]([O-])c1c(CCCOCCO)cccc1OC1COC(c2ccccc2)OC1. The Morgan fingerprint density at radius 3 is 2.52 bits per heavy atom. The molecule has 3 rings (SSSR count). The van der Waals surface area contributed by atoms with Crippen LogP contribution in [0.4, 0.5) is 5.69 Å². The van der Waals surface area contributed by atoms with E-state index in [2.05, 4.69) is 0 Å². The molecule has 0 bridgehead atoms. The number of hydrogen-bond acceptors (Lipinski definition) is 7. The standard InChI is InChI=1S/C21H25NO7/c23-11-13-26-12-5-9-16-8-4-10-19(20(16)22(24)25)29-18-14-27-21(28-15-18)17-6-2-1-3-7-17/h1-4,6-8,10,18,21,23H,5,9,11-15H2. The summed E-state index contributed by atoms with van der Waals surface area (Å²) in [5.74, 6) is 0.208. The number of nitro groups is 1. The minimum absolute atomic E-state index is 0.0415. The zero-order valence-corrected chi connectivity index (χ0v) is 16.1. The number of aliphatic hydroxyl groups is 1. The van der Waals surface area contributed by atoms with E-state index in [0.717, 1.165) is 5.56 Å². The Hall–Kier alpha value is -2.52. The van der Waals surface area contributed by atoms with E-state index < -0.39 is 17.3 Å². The first-order valence-electron chi connectivity index (χ1n) is 9.58. The summed E-state index contributed by atoms with van der Waals surface area (Å²) >= 11 is 0. The molecule has 0 spiro atoms. The predicted molar refractivity (Wildman–Crippen MR) is 105 cm³/mol. The lowest BCUT2D eigenvalue weighted by Gasteiger charge is -2.29. The van der Waals surface area contributed by atoms with Crippen molar-refractivity contribution < 1.29 is 29.0 Å². The summed E-state index contributed by atoms with van der Waals surface area (Å²) in [6.07, 6.45) is 0.193. The second-order valence-electron chi connectivity index (χ2n) is 6.61. The van der Waals surface area contributed by atoms with E-state index in [-0.39, 0.29) is 37.9 Å². The lowest BCUT2D eigenvalue weighted by molar-refractivity contribution is -0.387. The summed E-state index contributed by atoms with van der Waals surface area (Å²) in [5.41, 5.74) is 1.46. The summed E-state index contributed by atoms with van der Waals surface area (Å²) in [7, 11) is 0. The van der Waals surface area contributed by atoms with E-state index in [9.17, 15) is 10.1 Å². The molecule has 8 nitrogen and oxygen atoms in total. The summed E-state index contributed by atoms with van der Waals surface area (Å²) in [4.78, 5) is 11.2. The summed E-state index contributed by atoms with van der Waals surface area (Å²) in [6, 6.07) is 14.6. The third-order valence-corrected chi connectivity index (χ3v) is 4.47. The monoisotopic (exact) mass is 403 g/mol. The molecule has 1 N–H and O–H groups in total. The highest BCUT2D eigenvalue weighted by Gasteiger charge is 2.28. The second-order valence-corrected chi connectivity index (χ2v) is 6.61. The van der Waals surface area contributed by atoms with Crippen molar-refractivity contribution in [3.8, 4) is 5.75 Å². The number of nitro benzene ring substituents is 1. The molecule has 8 heteroatoms. The van der Waals surface area contributed by atoms with Gasteiger partial charge < -0.3 is 24.1 Å². The number of benzene rings is 2. The molecule has 0 aromatic heterocycles. The van der Waals surface area contributed by atoms with Crippen LogP contribution < -0.4 is 4.74 Å². The summed E-state index contributed by atoms with van der Waals surface area (Å²) in [6.45, 7) is 1.19. The van der Waals surface area contributed by atoms with Crippen molar-refractivity contribution in [1.82, 2.24) is 0 Å². The van der Waals surface area contributed by atoms with Crippen LogP contribution in [0.15, 0.2) is 48.5 Å². The minimum atomic E-state index is -0.462. The van der Waals surface area contributed by atoms with Gasteiger partial charge >= 0.3 is 5.69 Å². The Morgan fingerprint density at radius 1 is 1.07 bits per heavy atom. The number of aliphatic hydroxyl groups excluding tert-OH is 1. The molecule has 156 valence electrons. The van der Waals surface area contributed by atoms with Crippen LogP contribution in [0.2, 0.25) is 0 Å². The van der Waals surface area contributed by atoms with Crippen molar-refractivity contribution in [3.63, 3.8) is 0 Å². The molecule has 1 aliphatic heterocycles. The van der Waals surface area contributed by atoms with E-state index in [4.69, 9.17) is 24.1 Å². The first kappa shape index (κ1) is 21.2. The molecule has 1 heterocycles. The molecule has 1 fully saturated rings. The van der Waals surface area contributed by atoms with Crippen molar-refractivity contribution in [2.24, 2.45) is 0 Å². The van der Waals surface area contributed by atoms with Crippen LogP contribution in [-0.4, -0.2) is 49.2 Å². The number of ether oxygens (including phenoxy) is 4. The molecule has 0 unspecified atom stereocenters. The topological polar surface area (TPSA) is 100 Å². The van der Waals surface area contributed by atoms with Gasteiger partial charge in [-0.3, -0.25) is 10.1 Å². The highest BCUT2D eigenvalue weighted by Crippen LogP contribution is 2.33. The van der Waals surface area contributed by atoms with Crippen LogP contribution in [0.3, 0.4) is 0 Å². The summed E-state index contributed by atoms with van der Waals surface area (Å²) in [5, 5.41) is 20.4. The van der Waals surface area contributed by atoms with E-state index in [1.165, 1.54) is 0 Å². The number of nitrogens with zero attached hydrogens (tertiary/aromatic N) is 1. The van der Waals surface area contributed by atoms with Crippen molar-refractivity contribution in [1.29, 1.82) is 0 Å². The maximum absolute atomic E-state index is 11.7. The zero-order valence-electron chi connectivity index (χ0n) is 16.1. The fraction of sp³-hybridized carbons (Fsp3) is 0.429. The molecule has 0 radical (unpaired) electrons. The molecule has 1 aliphatic rings. The Bertz CT molecular complexity index is 776. The Balaban J connectivity index is 1.60. The maximum atomic E-state index is 11.7. The van der Waals surface area contributed by atoms with E-state index >= 15 is 0 Å². The predicted octanol–water partition coefficient (Wildman–Crippen LogP) is 3.03. The van der Waals surface area contributed by atoms with Crippen LogP contribution in [0.1, 0.15) is 23.8 Å². The van der Waals surface area contributed by atoms with Crippen molar-refractivity contribution in [3.05, 3.63) is 69.8 Å². The normalized spacial score (nSPS) is 19.1. The lowest BCUT2D eigenvalue weighted by Crippen LogP contribution is -2.35. The molecule has 0 saturated carbocycles. The van der Waals surface area contributed by atoms with Crippen LogP contribution in [-0.2, 0) is 20.6 Å². The number of rotatable bonds is 10. The molecule has 2 aromatic carbocycles. The van der Waals surface area contributed by atoms with Gasteiger partial charge in [0.15, 0.2) is 12.0 Å². The third kappa shape index (κ3) is 5.98. The molecule has 0 aliphatic carbocycles. The van der Waals surface area contributed by atoms with E-state index in [1.54, 1.807) is 18.2 Å². The average molecular weight is 403 g/mol. The Kier molecular flexibility index (Phi) is 7.94. The first-order valence-corrected chi connectivity index (χ1v) is 9.58. The largest absolute Gasteiger partial charge is 0.479 e. The zero-order chi connectivity index (χ0) is 20.5. The molecule has 0 atom stereocenters. The van der Waals surface area contributed by atoms with Crippen LogP contribution in [0.5, 0.6) is 5.75 Å². The number of hydrogen-bond donors (Lipinski definition) is 1. The fourth-order valence-electron chi connectivity index (χ4n) is 3.14. The van der Waals surface area contributed by atoms with Gasteiger partial charge in [-0.1, -0.05) is 42.5 Å². The van der Waals surface area contributed by atoms with Gasteiger partial charge in [-0.05, 0) is 18.9 Å². The first-order chi connectivity index (χ1) is 14.2. The van der Waals surface area contributed by atoms with Crippen LogP contribution in [0.25, 0.3) is 0 Å². The Morgan fingerprint density at radius 2 is 1.83 bits per heavy atom. The minimum Gasteiger partial charge on any atom is -0.479 e. The van der Waals surface area contributed by atoms with Gasteiger partial charge in [0, 0.05) is 17.7 Å². The smallest absolute Gasteiger partial charge is 0.314 e. The maximum Gasteiger partial charge on any atom is 0.314 e. The van der Waals surface area contributed by atoms with Crippen molar-refractivity contribution in [2.75, 3.05) is 33.0 Å². The van der Waals surface area contributed by atoms with Gasteiger partial charge in [0.1, 0.15) is 6.10 Å². The molecular weight excluding hydrogens is 378 g/mol. The molecular formula is C21H25NO7. The number of aryl methyl sites for hydroxylation is 1. The lowest BCUT2D eigenvalue weighted by atomic mass is 10.1. The molecule has 1 saturated heterocycles. The van der Waals surface area contributed by atoms with Gasteiger partial charge in [-0.25, -0.2) is 0 Å². The van der Waals surface area contributed by atoms with Gasteiger partial charge in [0.2, 0.25) is 0 Å². The van der Waals surface area contributed by atoms with Crippen molar-refractivity contribution in [2.45, 2.75) is 25.2 Å². The third-order valence-electron chi connectivity index (χ3n) is 4.47. The Labute approximate surface area is 169 Å². The average Bonchev–Trinajstić information content (AvgIpc) is 2.75. The molecule has 29 heavy (non-hydrogen) atoms. The van der Waals surface area contributed by atoms with Gasteiger partial charge in [0.05, 0.1) is 31.4 Å². The highest BCUT2D eigenvalue weighted by atomic mass is 16.7. The molecule has 0 amide bonds. The quantitative estimate of drug-likeness (QED) is 0.370. The van der Waals surface area contributed by atoms with E-state index in [0.29, 0.717) is 25.0 Å².